The third kappa shape index (κ3) is 2.47. The highest BCUT2D eigenvalue weighted by atomic mass is 16.5. The minimum Gasteiger partial charge on any atom is -0.495 e. The monoisotopic (exact) mass is 275 g/mol. The van der Waals surface area contributed by atoms with Crippen LogP contribution in [0.15, 0.2) is 18.2 Å². The highest BCUT2D eigenvalue weighted by Crippen LogP contribution is 2.48. The van der Waals surface area contributed by atoms with Crippen molar-refractivity contribution in [2.45, 2.75) is 25.7 Å². The van der Waals surface area contributed by atoms with Gasteiger partial charge in [-0.05, 0) is 55.2 Å². The second-order valence-corrected chi connectivity index (χ2v) is 5.99. The summed E-state index contributed by atoms with van der Waals surface area (Å²) >= 11 is 0. The zero-order chi connectivity index (χ0) is 14.1. The smallest absolute Gasteiger partial charge is 0.338 e. The number of esters is 1. The van der Waals surface area contributed by atoms with Gasteiger partial charge in [0, 0.05) is 0 Å². The van der Waals surface area contributed by atoms with Crippen LogP contribution in [0, 0.1) is 17.8 Å². The molecule has 2 aliphatic rings. The van der Waals surface area contributed by atoms with Crippen molar-refractivity contribution >= 4 is 11.7 Å². The number of fused-ring (bicyclic) bond motifs is 2. The number of rotatable bonds is 4. The first-order valence-corrected chi connectivity index (χ1v) is 7.28. The van der Waals surface area contributed by atoms with Crippen molar-refractivity contribution in [2.24, 2.45) is 17.8 Å². The van der Waals surface area contributed by atoms with Gasteiger partial charge in [0.2, 0.25) is 0 Å². The lowest BCUT2D eigenvalue weighted by Crippen LogP contribution is -2.19. The van der Waals surface area contributed by atoms with Gasteiger partial charge >= 0.3 is 5.97 Å². The van der Waals surface area contributed by atoms with Crippen molar-refractivity contribution in [1.29, 1.82) is 0 Å². The predicted octanol–water partition coefficient (Wildman–Crippen LogP) is 2.87. The molecule has 0 amide bonds. The van der Waals surface area contributed by atoms with Crippen LogP contribution in [0.2, 0.25) is 0 Å². The molecule has 1 aromatic rings. The third-order valence-corrected chi connectivity index (χ3v) is 4.78. The van der Waals surface area contributed by atoms with Gasteiger partial charge in [-0.25, -0.2) is 4.79 Å². The Labute approximate surface area is 119 Å². The van der Waals surface area contributed by atoms with Crippen LogP contribution in [0.4, 0.5) is 5.69 Å². The molecule has 0 radical (unpaired) electrons. The third-order valence-electron chi connectivity index (χ3n) is 4.78. The number of carbonyl (C=O) groups is 1. The van der Waals surface area contributed by atoms with Crippen molar-refractivity contribution in [3.8, 4) is 5.75 Å². The second-order valence-electron chi connectivity index (χ2n) is 5.99. The zero-order valence-electron chi connectivity index (χ0n) is 11.8. The topological polar surface area (TPSA) is 61.5 Å². The lowest BCUT2D eigenvalue weighted by molar-refractivity contribution is 0.0394. The SMILES string of the molecule is COc1ccc(C(=O)OCC2CC3CCC2C3)cc1N. The Morgan fingerprint density at radius 3 is 2.80 bits per heavy atom. The summed E-state index contributed by atoms with van der Waals surface area (Å²) in [6.45, 7) is 0.548. The summed E-state index contributed by atoms with van der Waals surface area (Å²) < 4.78 is 10.5. The maximum absolute atomic E-state index is 12.0. The number of anilines is 1. The van der Waals surface area contributed by atoms with E-state index in [1.807, 2.05) is 0 Å². The van der Waals surface area contributed by atoms with Crippen molar-refractivity contribution < 1.29 is 14.3 Å². The van der Waals surface area contributed by atoms with Crippen LogP contribution in [0.25, 0.3) is 0 Å². The average Bonchev–Trinajstić information content (AvgIpc) is 3.07. The second kappa shape index (κ2) is 5.35. The van der Waals surface area contributed by atoms with E-state index >= 15 is 0 Å². The van der Waals surface area contributed by atoms with E-state index in [-0.39, 0.29) is 5.97 Å². The number of methoxy groups -OCH3 is 1. The molecule has 20 heavy (non-hydrogen) atoms. The molecule has 2 N–H and O–H groups in total. The summed E-state index contributed by atoms with van der Waals surface area (Å²) in [5, 5.41) is 0. The standard InChI is InChI=1S/C16H21NO3/c1-19-15-5-4-12(8-14(15)17)16(18)20-9-13-7-10-2-3-11(13)6-10/h4-5,8,10-11,13H,2-3,6-7,9,17H2,1H3. The number of hydrogen-bond donors (Lipinski definition) is 1. The molecule has 0 spiro atoms. The van der Waals surface area contributed by atoms with Crippen LogP contribution in [-0.4, -0.2) is 19.7 Å². The molecule has 0 aromatic heterocycles. The van der Waals surface area contributed by atoms with Crippen LogP contribution in [0.1, 0.15) is 36.0 Å². The number of carbonyl (C=O) groups excluding carboxylic acids is 1. The van der Waals surface area contributed by atoms with Crippen LogP contribution in [0.5, 0.6) is 5.75 Å². The lowest BCUT2D eigenvalue weighted by atomic mass is 9.89. The molecule has 0 aliphatic heterocycles. The molecule has 3 unspecified atom stereocenters. The van der Waals surface area contributed by atoms with Gasteiger partial charge in [0.05, 0.1) is 25.0 Å². The lowest BCUT2D eigenvalue weighted by Gasteiger charge is -2.21. The van der Waals surface area contributed by atoms with Crippen molar-refractivity contribution in [3.63, 3.8) is 0 Å². The van der Waals surface area contributed by atoms with E-state index in [9.17, 15) is 4.79 Å². The van der Waals surface area contributed by atoms with Crippen molar-refractivity contribution in [1.82, 2.24) is 0 Å². The Bertz CT molecular complexity index is 514. The van der Waals surface area contributed by atoms with Gasteiger partial charge in [-0.15, -0.1) is 0 Å². The fourth-order valence-electron chi connectivity index (χ4n) is 3.71. The normalized spacial score (nSPS) is 27.6. The van der Waals surface area contributed by atoms with E-state index < -0.39 is 0 Å². The first-order chi connectivity index (χ1) is 9.67. The number of nitrogens with two attached hydrogens (primary N) is 1. The van der Waals surface area contributed by atoms with E-state index in [0.29, 0.717) is 29.5 Å². The quantitative estimate of drug-likeness (QED) is 0.678. The summed E-state index contributed by atoms with van der Waals surface area (Å²) in [5.74, 6) is 2.50. The number of nitrogen functional groups attached to an aromatic ring is 1. The van der Waals surface area contributed by atoms with Gasteiger partial charge in [-0.2, -0.15) is 0 Å². The van der Waals surface area contributed by atoms with E-state index in [1.54, 1.807) is 25.3 Å². The Balaban J connectivity index is 1.58. The zero-order valence-corrected chi connectivity index (χ0v) is 11.8. The summed E-state index contributed by atoms with van der Waals surface area (Å²) in [4.78, 5) is 12.0. The highest BCUT2D eigenvalue weighted by Gasteiger charge is 2.39. The fourth-order valence-corrected chi connectivity index (χ4v) is 3.71. The molecule has 2 saturated carbocycles. The van der Waals surface area contributed by atoms with Crippen LogP contribution < -0.4 is 10.5 Å². The first-order valence-electron chi connectivity index (χ1n) is 7.28. The molecule has 3 atom stereocenters. The summed E-state index contributed by atoms with van der Waals surface area (Å²) in [6, 6.07) is 5.00. The summed E-state index contributed by atoms with van der Waals surface area (Å²) in [7, 11) is 1.55. The molecule has 2 aliphatic carbocycles. The maximum atomic E-state index is 12.0. The van der Waals surface area contributed by atoms with Gasteiger partial charge in [-0.3, -0.25) is 0 Å². The average molecular weight is 275 g/mol. The van der Waals surface area contributed by atoms with E-state index in [2.05, 4.69) is 0 Å². The molecule has 4 heteroatoms. The van der Waals surface area contributed by atoms with E-state index in [1.165, 1.54) is 25.7 Å². The fraction of sp³-hybridized carbons (Fsp3) is 0.562. The first kappa shape index (κ1) is 13.3. The van der Waals surface area contributed by atoms with E-state index in [0.717, 1.165) is 11.8 Å². The minimum absolute atomic E-state index is 0.290. The Morgan fingerprint density at radius 1 is 1.35 bits per heavy atom. The number of ether oxygens (including phenoxy) is 2. The molecule has 2 fully saturated rings. The van der Waals surface area contributed by atoms with Crippen molar-refractivity contribution in [2.75, 3.05) is 19.5 Å². The van der Waals surface area contributed by atoms with E-state index in [4.69, 9.17) is 15.2 Å². The number of hydrogen-bond acceptors (Lipinski definition) is 4. The van der Waals surface area contributed by atoms with Crippen LogP contribution in [0.3, 0.4) is 0 Å². The molecule has 3 rings (SSSR count). The Morgan fingerprint density at radius 2 is 2.20 bits per heavy atom. The molecule has 4 nitrogen and oxygen atoms in total. The summed E-state index contributed by atoms with van der Waals surface area (Å²) in [6.07, 6.45) is 5.23. The van der Waals surface area contributed by atoms with Crippen LogP contribution >= 0.6 is 0 Å². The molecular weight excluding hydrogens is 254 g/mol. The van der Waals surface area contributed by atoms with Gasteiger partial charge < -0.3 is 15.2 Å². The van der Waals surface area contributed by atoms with Gasteiger partial charge in [0.15, 0.2) is 0 Å². The summed E-state index contributed by atoms with van der Waals surface area (Å²) in [5.41, 5.74) is 6.76. The molecular formula is C16H21NO3. The van der Waals surface area contributed by atoms with Gasteiger partial charge in [0.25, 0.3) is 0 Å². The minimum atomic E-state index is -0.290. The Hall–Kier alpha value is -1.71. The largest absolute Gasteiger partial charge is 0.495 e. The highest BCUT2D eigenvalue weighted by molar-refractivity contribution is 5.91. The van der Waals surface area contributed by atoms with Gasteiger partial charge in [0.1, 0.15) is 5.75 Å². The number of benzene rings is 1. The van der Waals surface area contributed by atoms with Gasteiger partial charge in [-0.1, -0.05) is 6.42 Å². The molecule has 0 heterocycles. The molecule has 0 saturated heterocycles. The molecule has 2 bridgehead atoms. The molecule has 108 valence electrons. The molecule has 1 aromatic carbocycles. The predicted molar refractivity (Wildman–Crippen MR) is 76.6 cm³/mol. The Kier molecular flexibility index (Phi) is 3.55. The van der Waals surface area contributed by atoms with Crippen molar-refractivity contribution in [3.05, 3.63) is 23.8 Å². The van der Waals surface area contributed by atoms with Crippen LogP contribution in [-0.2, 0) is 4.74 Å². The maximum Gasteiger partial charge on any atom is 0.338 e.